The van der Waals surface area contributed by atoms with Gasteiger partial charge in [0.1, 0.15) is 6.04 Å². The van der Waals surface area contributed by atoms with Crippen LogP contribution in [0.15, 0.2) is 0 Å². The number of fused-ring (bicyclic) bond motifs is 1. The summed E-state index contributed by atoms with van der Waals surface area (Å²) in [6, 6.07) is -1.01. The average molecular weight is 500 g/mol. The molecule has 0 unspecified atom stereocenters. The number of ether oxygens (including phenoxy) is 1. The van der Waals surface area contributed by atoms with Gasteiger partial charge in [0.15, 0.2) is 0 Å². The Morgan fingerprint density at radius 3 is 2.21 bits per heavy atom. The van der Waals surface area contributed by atoms with Crippen LogP contribution in [-0.4, -0.2) is 59.9 Å². The van der Waals surface area contributed by atoms with Gasteiger partial charge < -0.3 is 10.1 Å². The van der Waals surface area contributed by atoms with E-state index in [9.17, 15) is 14.4 Å². The minimum atomic E-state index is -1.01. The number of carbonyl (C=O) groups excluding carboxylic acids is 3. The molecule has 2 aliphatic heterocycles. The number of benzene rings is 1. The minimum absolute atomic E-state index is 0.0659. The topological polar surface area (TPSA) is 75.7 Å². The lowest BCUT2D eigenvalue weighted by Crippen LogP contribution is -2.51. The third-order valence-electron chi connectivity index (χ3n) is 4.87. The van der Waals surface area contributed by atoms with E-state index in [0.717, 1.165) is 17.7 Å². The zero-order chi connectivity index (χ0) is 21.3. The van der Waals surface area contributed by atoms with Gasteiger partial charge in [-0.25, -0.2) is 0 Å². The van der Waals surface area contributed by atoms with Gasteiger partial charge in [-0.2, -0.15) is 11.8 Å². The summed E-state index contributed by atoms with van der Waals surface area (Å²) >= 11 is 26.0. The predicted molar refractivity (Wildman–Crippen MR) is 116 cm³/mol. The Morgan fingerprint density at radius 2 is 1.72 bits per heavy atom. The van der Waals surface area contributed by atoms with Crippen molar-refractivity contribution in [3.8, 4) is 0 Å². The predicted octanol–water partition coefficient (Wildman–Crippen LogP) is 4.31. The van der Waals surface area contributed by atoms with E-state index in [0.29, 0.717) is 18.9 Å². The molecule has 0 radical (unpaired) electrons. The highest BCUT2D eigenvalue weighted by atomic mass is 35.5. The first-order chi connectivity index (χ1) is 13.8. The standard InChI is InChI=1S/C18H18Cl4N2O4S/c1-29-6-4-9(16(25)23-7-8-3-2-5-28-8)24-17(26)10-11(18(24)27)13(20)15(22)14(21)12(10)19/h8-9H,2-7H2,1H3,(H,23,25)/t8-,9-/m1/s1. The molecule has 3 rings (SSSR count). The van der Waals surface area contributed by atoms with E-state index in [2.05, 4.69) is 5.32 Å². The average Bonchev–Trinajstić information content (AvgIpc) is 3.31. The number of nitrogens with zero attached hydrogens (tertiary/aromatic N) is 1. The quantitative estimate of drug-likeness (QED) is 0.343. The first-order valence-electron chi connectivity index (χ1n) is 8.91. The largest absolute Gasteiger partial charge is 0.376 e. The van der Waals surface area contributed by atoms with Crippen molar-refractivity contribution in [1.82, 2.24) is 10.2 Å². The third-order valence-corrected chi connectivity index (χ3v) is 7.32. The normalized spacial score (nSPS) is 19.6. The molecule has 1 saturated heterocycles. The van der Waals surface area contributed by atoms with Crippen LogP contribution in [0, 0.1) is 0 Å². The van der Waals surface area contributed by atoms with Crippen molar-refractivity contribution in [3.05, 3.63) is 31.2 Å². The van der Waals surface area contributed by atoms with Crippen molar-refractivity contribution in [1.29, 1.82) is 0 Å². The van der Waals surface area contributed by atoms with Crippen molar-refractivity contribution in [2.75, 3.05) is 25.2 Å². The molecule has 0 saturated carbocycles. The summed E-state index contributed by atoms with van der Waals surface area (Å²) in [7, 11) is 0. The van der Waals surface area contributed by atoms with Gasteiger partial charge in [-0.15, -0.1) is 0 Å². The van der Waals surface area contributed by atoms with Gasteiger partial charge in [0.2, 0.25) is 5.91 Å². The van der Waals surface area contributed by atoms with E-state index < -0.39 is 23.8 Å². The molecule has 0 aliphatic carbocycles. The van der Waals surface area contributed by atoms with Crippen LogP contribution in [0.25, 0.3) is 0 Å². The first-order valence-corrected chi connectivity index (χ1v) is 11.8. The van der Waals surface area contributed by atoms with Crippen LogP contribution < -0.4 is 5.32 Å². The molecule has 11 heteroatoms. The Kier molecular flexibility index (Phi) is 7.62. The lowest BCUT2D eigenvalue weighted by molar-refractivity contribution is -0.125. The maximum atomic E-state index is 13.1. The number of carbonyl (C=O) groups is 3. The summed E-state index contributed by atoms with van der Waals surface area (Å²) in [5.41, 5.74) is -0.255. The third kappa shape index (κ3) is 4.36. The Morgan fingerprint density at radius 1 is 1.14 bits per heavy atom. The molecule has 29 heavy (non-hydrogen) atoms. The fourth-order valence-corrected chi connectivity index (χ4v) is 4.87. The molecular formula is C18H18Cl4N2O4S. The van der Waals surface area contributed by atoms with Crippen molar-refractivity contribution >= 4 is 75.9 Å². The van der Waals surface area contributed by atoms with Crippen LogP contribution in [-0.2, 0) is 9.53 Å². The maximum absolute atomic E-state index is 13.1. The highest BCUT2D eigenvalue weighted by Crippen LogP contribution is 2.45. The molecule has 1 aromatic rings. The fourth-order valence-electron chi connectivity index (χ4n) is 3.39. The van der Waals surface area contributed by atoms with E-state index in [4.69, 9.17) is 51.1 Å². The van der Waals surface area contributed by atoms with Crippen molar-refractivity contribution in [2.45, 2.75) is 31.4 Å². The van der Waals surface area contributed by atoms with Gasteiger partial charge in [0.05, 0.1) is 37.3 Å². The van der Waals surface area contributed by atoms with Crippen molar-refractivity contribution < 1.29 is 19.1 Å². The summed E-state index contributed by atoms with van der Waals surface area (Å²) in [6.07, 6.45) is 3.87. The highest BCUT2D eigenvalue weighted by molar-refractivity contribution is 7.98. The van der Waals surface area contributed by atoms with E-state index >= 15 is 0 Å². The Labute approximate surface area is 192 Å². The number of rotatable bonds is 7. The Hall–Kier alpha value is -0.700. The second-order valence-corrected chi connectivity index (χ2v) is 9.16. The number of hydrogen-bond donors (Lipinski definition) is 1. The molecule has 1 fully saturated rings. The molecule has 6 nitrogen and oxygen atoms in total. The highest BCUT2D eigenvalue weighted by Gasteiger charge is 2.46. The molecule has 3 amide bonds. The summed E-state index contributed by atoms with van der Waals surface area (Å²) in [5.74, 6) is -1.30. The number of halogens is 4. The number of hydrogen-bond acceptors (Lipinski definition) is 5. The lowest BCUT2D eigenvalue weighted by Gasteiger charge is -2.25. The summed E-state index contributed by atoms with van der Waals surface area (Å²) in [6.45, 7) is 0.976. The van der Waals surface area contributed by atoms with Crippen LogP contribution in [0.4, 0.5) is 0 Å². The van der Waals surface area contributed by atoms with E-state index in [1.165, 1.54) is 11.8 Å². The van der Waals surface area contributed by atoms with E-state index in [-0.39, 0.29) is 43.7 Å². The molecule has 2 heterocycles. The number of amides is 3. The second kappa shape index (κ2) is 9.62. The molecular weight excluding hydrogens is 482 g/mol. The van der Waals surface area contributed by atoms with E-state index in [1.807, 2.05) is 6.26 Å². The zero-order valence-electron chi connectivity index (χ0n) is 15.4. The molecule has 0 bridgehead atoms. The van der Waals surface area contributed by atoms with Crippen LogP contribution in [0.2, 0.25) is 20.1 Å². The van der Waals surface area contributed by atoms with E-state index in [1.54, 1.807) is 0 Å². The summed E-state index contributed by atoms with van der Waals surface area (Å²) in [5, 5.41) is 2.27. The van der Waals surface area contributed by atoms with Crippen molar-refractivity contribution in [3.63, 3.8) is 0 Å². The first kappa shape index (κ1) is 23.0. The van der Waals surface area contributed by atoms with Gasteiger partial charge in [-0.1, -0.05) is 46.4 Å². The molecule has 2 atom stereocenters. The summed E-state index contributed by atoms with van der Waals surface area (Å²) in [4.78, 5) is 39.9. The molecule has 2 aliphatic rings. The van der Waals surface area contributed by atoms with Crippen LogP contribution in [0.5, 0.6) is 0 Å². The zero-order valence-corrected chi connectivity index (χ0v) is 19.2. The number of imide groups is 1. The van der Waals surface area contributed by atoms with Crippen LogP contribution >= 0.6 is 58.2 Å². The van der Waals surface area contributed by atoms with Gasteiger partial charge in [-0.3, -0.25) is 19.3 Å². The van der Waals surface area contributed by atoms with Gasteiger partial charge in [-0.05, 0) is 31.3 Å². The maximum Gasteiger partial charge on any atom is 0.263 e. The number of thioether (sulfide) groups is 1. The Balaban J connectivity index is 1.90. The number of nitrogens with one attached hydrogen (secondary N) is 1. The fraction of sp³-hybridized carbons (Fsp3) is 0.500. The summed E-state index contributed by atoms with van der Waals surface area (Å²) < 4.78 is 5.51. The SMILES string of the molecule is CSCC[C@H](C(=O)NC[C@H]1CCCO1)N1C(=O)c2c(Cl)c(Cl)c(Cl)c(Cl)c2C1=O. The second-order valence-electron chi connectivity index (χ2n) is 6.66. The van der Waals surface area contributed by atoms with Crippen molar-refractivity contribution in [2.24, 2.45) is 0 Å². The molecule has 1 aromatic carbocycles. The van der Waals surface area contributed by atoms with Gasteiger partial charge in [0.25, 0.3) is 11.8 Å². The molecule has 158 valence electrons. The van der Waals surface area contributed by atoms with Crippen LogP contribution in [0.1, 0.15) is 40.0 Å². The minimum Gasteiger partial charge on any atom is -0.376 e. The molecule has 0 spiro atoms. The molecule has 0 aromatic heterocycles. The lowest BCUT2D eigenvalue weighted by atomic mass is 10.1. The Bertz CT molecular complexity index is 814. The van der Waals surface area contributed by atoms with Crippen LogP contribution in [0.3, 0.4) is 0 Å². The monoisotopic (exact) mass is 498 g/mol. The van der Waals surface area contributed by atoms with Gasteiger partial charge in [0, 0.05) is 13.2 Å². The molecule has 1 N–H and O–H groups in total. The smallest absolute Gasteiger partial charge is 0.263 e. The van der Waals surface area contributed by atoms with Gasteiger partial charge >= 0.3 is 0 Å².